The van der Waals surface area contributed by atoms with Gasteiger partial charge in [-0.1, -0.05) is 30.3 Å². The maximum absolute atomic E-state index is 6.35. The van der Waals surface area contributed by atoms with Crippen LogP contribution in [0.25, 0.3) is 0 Å². The second-order valence-electron chi connectivity index (χ2n) is 5.93. The molecule has 24 heavy (non-hydrogen) atoms. The number of methoxy groups -OCH3 is 1. The summed E-state index contributed by atoms with van der Waals surface area (Å²) in [5, 5.41) is 3.17. The molecule has 134 valence electrons. The number of hydrogen-bond acceptors (Lipinski definition) is 5. The Kier molecular flexibility index (Phi) is 8.63. The van der Waals surface area contributed by atoms with E-state index in [2.05, 4.69) is 45.6 Å². The van der Waals surface area contributed by atoms with Crippen LogP contribution in [0.2, 0.25) is 0 Å². The van der Waals surface area contributed by atoms with Gasteiger partial charge < -0.3 is 10.5 Å². The number of nitrogens with two attached hydrogens (primary N) is 1. The molecule has 1 aromatic carbocycles. The van der Waals surface area contributed by atoms with E-state index in [1.165, 1.54) is 5.56 Å². The molecule has 1 aromatic heterocycles. The van der Waals surface area contributed by atoms with E-state index in [1.807, 2.05) is 6.92 Å². The van der Waals surface area contributed by atoms with E-state index >= 15 is 0 Å². The Morgan fingerprint density at radius 2 is 2.00 bits per heavy atom. The first-order valence-corrected chi connectivity index (χ1v) is 8.55. The molecule has 0 bridgehead atoms. The van der Waals surface area contributed by atoms with E-state index in [-0.39, 0.29) is 37.0 Å². The van der Waals surface area contributed by atoms with Gasteiger partial charge in [-0.25, -0.2) is 4.98 Å². The molecule has 1 fully saturated rings. The number of ether oxygens (including phenoxy) is 1. The van der Waals surface area contributed by atoms with Crippen molar-refractivity contribution in [2.24, 2.45) is 5.73 Å². The molecule has 3 atom stereocenters. The van der Waals surface area contributed by atoms with E-state index in [9.17, 15) is 0 Å². The summed E-state index contributed by atoms with van der Waals surface area (Å²) in [5.41, 5.74) is 8.80. The summed E-state index contributed by atoms with van der Waals surface area (Å²) in [6.07, 6.45) is 0.0663. The van der Waals surface area contributed by atoms with E-state index in [1.54, 1.807) is 18.4 Å². The third-order valence-electron chi connectivity index (χ3n) is 4.32. The van der Waals surface area contributed by atoms with Crippen molar-refractivity contribution in [1.82, 2.24) is 9.88 Å². The zero-order valence-electron chi connectivity index (χ0n) is 13.9. The fourth-order valence-corrected chi connectivity index (χ4v) is 3.85. The Balaban J connectivity index is 0.00000144. The molecule has 4 nitrogen and oxygen atoms in total. The minimum atomic E-state index is 0. The zero-order chi connectivity index (χ0) is 15.5. The number of halogens is 2. The molecule has 0 amide bonds. The van der Waals surface area contributed by atoms with Crippen molar-refractivity contribution in [2.75, 3.05) is 20.2 Å². The largest absolute Gasteiger partial charge is 0.375 e. The van der Waals surface area contributed by atoms with Crippen molar-refractivity contribution in [3.63, 3.8) is 0 Å². The highest BCUT2D eigenvalue weighted by molar-refractivity contribution is 7.09. The summed E-state index contributed by atoms with van der Waals surface area (Å²) in [6.45, 7) is 4.81. The molecule has 1 aliphatic heterocycles. The van der Waals surface area contributed by atoms with Gasteiger partial charge in [0.15, 0.2) is 0 Å². The Labute approximate surface area is 160 Å². The highest BCUT2D eigenvalue weighted by Crippen LogP contribution is 2.28. The van der Waals surface area contributed by atoms with E-state index in [0.717, 1.165) is 30.3 Å². The Bertz CT molecular complexity index is 611. The number of benzene rings is 1. The number of aromatic nitrogens is 1. The molecule has 0 saturated carbocycles. The van der Waals surface area contributed by atoms with Crippen LogP contribution in [0.3, 0.4) is 0 Å². The van der Waals surface area contributed by atoms with E-state index < -0.39 is 0 Å². The van der Waals surface area contributed by atoms with Gasteiger partial charge in [-0.05, 0) is 12.5 Å². The molecule has 0 aliphatic carbocycles. The lowest BCUT2D eigenvalue weighted by Gasteiger charge is -2.15. The lowest BCUT2D eigenvalue weighted by atomic mass is 9.95. The van der Waals surface area contributed by atoms with Crippen molar-refractivity contribution in [3.05, 3.63) is 52.0 Å². The average Bonchev–Trinajstić information content (AvgIpc) is 3.14. The monoisotopic (exact) mass is 389 g/mol. The minimum absolute atomic E-state index is 0. The summed E-state index contributed by atoms with van der Waals surface area (Å²) in [6, 6.07) is 10.8. The van der Waals surface area contributed by atoms with Gasteiger partial charge in [-0.2, -0.15) is 0 Å². The van der Waals surface area contributed by atoms with Crippen molar-refractivity contribution >= 4 is 36.2 Å². The summed E-state index contributed by atoms with van der Waals surface area (Å²) in [4.78, 5) is 7.08. The van der Waals surface area contributed by atoms with Crippen LogP contribution in [0.1, 0.15) is 35.2 Å². The zero-order valence-corrected chi connectivity index (χ0v) is 16.4. The third kappa shape index (κ3) is 4.91. The second kappa shape index (κ2) is 9.70. The fraction of sp³-hybridized carbons (Fsp3) is 0.471. The quantitative estimate of drug-likeness (QED) is 0.847. The van der Waals surface area contributed by atoms with Crippen molar-refractivity contribution in [1.29, 1.82) is 0 Å². The number of thiazole rings is 1. The molecule has 1 aliphatic rings. The van der Waals surface area contributed by atoms with Gasteiger partial charge >= 0.3 is 0 Å². The van der Waals surface area contributed by atoms with Crippen LogP contribution in [-0.2, 0) is 11.3 Å². The maximum atomic E-state index is 6.35. The number of rotatable bonds is 5. The smallest absolute Gasteiger partial charge is 0.122 e. The van der Waals surface area contributed by atoms with E-state index in [0.29, 0.717) is 5.92 Å². The van der Waals surface area contributed by atoms with Crippen LogP contribution < -0.4 is 5.73 Å². The van der Waals surface area contributed by atoms with Crippen LogP contribution >= 0.6 is 36.2 Å². The van der Waals surface area contributed by atoms with Gasteiger partial charge in [-0.15, -0.1) is 36.2 Å². The molecule has 2 heterocycles. The van der Waals surface area contributed by atoms with Crippen LogP contribution in [-0.4, -0.2) is 36.1 Å². The maximum Gasteiger partial charge on any atom is 0.122 e. The van der Waals surface area contributed by atoms with Gasteiger partial charge in [0.25, 0.3) is 0 Å². The average molecular weight is 390 g/mol. The summed E-state index contributed by atoms with van der Waals surface area (Å²) >= 11 is 1.67. The first kappa shape index (κ1) is 21.4. The fourth-order valence-electron chi connectivity index (χ4n) is 3.01. The van der Waals surface area contributed by atoms with E-state index in [4.69, 9.17) is 10.5 Å². The number of nitrogens with zero attached hydrogens (tertiary/aromatic N) is 2. The molecule has 2 aromatic rings. The molecule has 7 heteroatoms. The normalized spacial score (nSPS) is 21.8. The van der Waals surface area contributed by atoms with Gasteiger partial charge in [0.2, 0.25) is 0 Å². The predicted molar refractivity (Wildman–Crippen MR) is 104 cm³/mol. The SMILES string of the molecule is COC(C)c1nc(CN2C[C@@H](N)[C@H](c3ccccc3)C2)cs1.Cl.Cl. The predicted octanol–water partition coefficient (Wildman–Crippen LogP) is 3.62. The first-order chi connectivity index (χ1) is 10.7. The Morgan fingerprint density at radius 1 is 1.29 bits per heavy atom. The van der Waals surface area contributed by atoms with Crippen LogP contribution in [0.15, 0.2) is 35.7 Å². The lowest BCUT2D eigenvalue weighted by molar-refractivity contribution is 0.119. The topological polar surface area (TPSA) is 51.4 Å². The second-order valence-corrected chi connectivity index (χ2v) is 6.82. The molecule has 2 N–H and O–H groups in total. The third-order valence-corrected chi connectivity index (χ3v) is 5.38. The summed E-state index contributed by atoms with van der Waals surface area (Å²) in [7, 11) is 1.72. The highest BCUT2D eigenvalue weighted by Gasteiger charge is 2.31. The molecule has 0 radical (unpaired) electrons. The highest BCUT2D eigenvalue weighted by atomic mass is 35.5. The van der Waals surface area contributed by atoms with Gasteiger partial charge in [0.05, 0.1) is 5.69 Å². The van der Waals surface area contributed by atoms with Gasteiger partial charge in [-0.3, -0.25) is 4.90 Å². The minimum Gasteiger partial charge on any atom is -0.375 e. The molecular formula is C17H25Cl2N3OS. The summed E-state index contributed by atoms with van der Waals surface area (Å²) < 4.78 is 5.33. The Morgan fingerprint density at radius 3 is 2.67 bits per heavy atom. The standard InChI is InChI=1S/C17H23N3OS.2ClH/c1-12(21-2)17-19-14(11-22-17)8-20-9-15(16(18)10-20)13-6-4-3-5-7-13;;/h3-7,11-12,15-16H,8-10,18H2,1-2H3;2*1H/t12?,15-,16+;;/m0../s1. The Hall–Kier alpha value is -0.690. The number of likely N-dealkylation sites (tertiary alicyclic amines) is 1. The summed E-state index contributed by atoms with van der Waals surface area (Å²) in [5.74, 6) is 0.414. The first-order valence-electron chi connectivity index (χ1n) is 7.67. The van der Waals surface area contributed by atoms with Gasteiger partial charge in [0, 0.05) is 44.1 Å². The van der Waals surface area contributed by atoms with Crippen molar-refractivity contribution in [2.45, 2.75) is 31.5 Å². The molecule has 1 saturated heterocycles. The van der Waals surface area contributed by atoms with Crippen LogP contribution in [0, 0.1) is 0 Å². The molecular weight excluding hydrogens is 365 g/mol. The molecule has 1 unspecified atom stereocenters. The molecule has 0 spiro atoms. The van der Waals surface area contributed by atoms with Gasteiger partial charge in [0.1, 0.15) is 11.1 Å². The van der Waals surface area contributed by atoms with Crippen molar-refractivity contribution in [3.8, 4) is 0 Å². The van der Waals surface area contributed by atoms with Crippen LogP contribution in [0.4, 0.5) is 0 Å². The number of hydrogen-bond donors (Lipinski definition) is 1. The van der Waals surface area contributed by atoms with Crippen molar-refractivity contribution < 1.29 is 4.74 Å². The van der Waals surface area contributed by atoms with Crippen LogP contribution in [0.5, 0.6) is 0 Å². The lowest BCUT2D eigenvalue weighted by Crippen LogP contribution is -2.28. The molecule has 3 rings (SSSR count).